The Balaban J connectivity index is 2.11. The first-order valence-corrected chi connectivity index (χ1v) is 8.68. The molecule has 1 N–H and O–H groups in total. The second-order valence-corrected chi connectivity index (χ2v) is 7.69. The van der Waals surface area contributed by atoms with Crippen molar-refractivity contribution < 1.29 is 28.8 Å². The van der Waals surface area contributed by atoms with Gasteiger partial charge in [-0.25, -0.2) is 9.59 Å². The molecule has 1 aromatic rings. The van der Waals surface area contributed by atoms with Gasteiger partial charge < -0.3 is 14.9 Å². The van der Waals surface area contributed by atoms with E-state index >= 15 is 0 Å². The van der Waals surface area contributed by atoms with Crippen molar-refractivity contribution in [2.75, 3.05) is 0 Å². The molecule has 0 aliphatic carbocycles. The van der Waals surface area contributed by atoms with Crippen LogP contribution in [0.1, 0.15) is 61.8 Å². The van der Waals surface area contributed by atoms with Gasteiger partial charge in [0.2, 0.25) is 0 Å². The fraction of sp³-hybridized carbons (Fsp3) is 0.474. The van der Waals surface area contributed by atoms with Crippen LogP contribution in [-0.2, 0) is 14.4 Å². The van der Waals surface area contributed by atoms with Gasteiger partial charge in [-0.05, 0) is 45.2 Å². The van der Waals surface area contributed by atoms with Crippen LogP contribution in [0.4, 0.5) is 4.79 Å². The SMILES string of the molecule is CC(C)C[C@H](NC(=O)OC(C)(C)C)C(=O)ON1C(=O)c2ccccc2C1=O. The van der Waals surface area contributed by atoms with E-state index in [-0.39, 0.29) is 23.5 Å². The van der Waals surface area contributed by atoms with Gasteiger partial charge in [0.05, 0.1) is 11.1 Å². The van der Waals surface area contributed by atoms with Crippen LogP contribution < -0.4 is 5.32 Å². The zero-order valence-corrected chi connectivity index (χ0v) is 16.1. The summed E-state index contributed by atoms with van der Waals surface area (Å²) < 4.78 is 5.16. The van der Waals surface area contributed by atoms with Crippen LogP contribution >= 0.6 is 0 Å². The van der Waals surface area contributed by atoms with Crippen molar-refractivity contribution in [2.24, 2.45) is 5.92 Å². The normalized spacial score (nSPS) is 14.8. The number of carbonyl (C=O) groups is 4. The van der Waals surface area contributed by atoms with E-state index in [9.17, 15) is 19.2 Å². The van der Waals surface area contributed by atoms with Gasteiger partial charge in [0.15, 0.2) is 0 Å². The number of nitrogens with one attached hydrogen (secondary N) is 1. The molecule has 27 heavy (non-hydrogen) atoms. The monoisotopic (exact) mass is 376 g/mol. The Morgan fingerprint density at radius 2 is 1.59 bits per heavy atom. The average Bonchev–Trinajstić information content (AvgIpc) is 2.77. The molecule has 3 amide bonds. The van der Waals surface area contributed by atoms with Gasteiger partial charge in [0.25, 0.3) is 11.8 Å². The fourth-order valence-electron chi connectivity index (χ4n) is 2.54. The minimum Gasteiger partial charge on any atom is -0.444 e. The molecule has 0 unspecified atom stereocenters. The number of imide groups is 1. The molecule has 0 fully saturated rings. The Bertz CT molecular complexity index is 731. The molecular weight excluding hydrogens is 352 g/mol. The largest absolute Gasteiger partial charge is 0.444 e. The van der Waals surface area contributed by atoms with Crippen LogP contribution in [0, 0.1) is 5.92 Å². The second kappa shape index (κ2) is 7.77. The summed E-state index contributed by atoms with van der Waals surface area (Å²) in [6, 6.07) is 5.12. The zero-order chi connectivity index (χ0) is 20.4. The van der Waals surface area contributed by atoms with Crippen molar-refractivity contribution in [1.29, 1.82) is 0 Å². The Hall–Kier alpha value is -2.90. The van der Waals surface area contributed by atoms with E-state index in [1.807, 2.05) is 13.8 Å². The lowest BCUT2D eigenvalue weighted by molar-refractivity contribution is -0.171. The number of fused-ring (bicyclic) bond motifs is 1. The number of hydrogen-bond donors (Lipinski definition) is 1. The van der Waals surface area contributed by atoms with Crippen molar-refractivity contribution in [1.82, 2.24) is 10.4 Å². The van der Waals surface area contributed by atoms with Crippen molar-refractivity contribution in [2.45, 2.75) is 52.7 Å². The van der Waals surface area contributed by atoms with E-state index < -0.39 is 35.5 Å². The summed E-state index contributed by atoms with van der Waals surface area (Å²) in [4.78, 5) is 54.2. The van der Waals surface area contributed by atoms with Crippen molar-refractivity contribution in [3.63, 3.8) is 0 Å². The van der Waals surface area contributed by atoms with Crippen molar-refractivity contribution in [3.05, 3.63) is 35.4 Å². The third kappa shape index (κ3) is 5.06. The van der Waals surface area contributed by atoms with Crippen LogP contribution in [0.3, 0.4) is 0 Å². The topological polar surface area (TPSA) is 102 Å². The van der Waals surface area contributed by atoms with Crippen LogP contribution in [-0.4, -0.2) is 40.6 Å². The minimum atomic E-state index is -1.07. The summed E-state index contributed by atoms with van der Waals surface area (Å²) in [7, 11) is 0. The standard InChI is InChI=1S/C19H24N2O6/c1-11(2)10-14(20-18(25)26-19(3,4)5)17(24)27-21-15(22)12-8-6-7-9-13(12)16(21)23/h6-9,11,14H,10H2,1-5H3,(H,20,25)/t14-/m0/s1. The quantitative estimate of drug-likeness (QED) is 0.793. The highest BCUT2D eigenvalue weighted by Gasteiger charge is 2.40. The summed E-state index contributed by atoms with van der Waals surface area (Å²) in [5.41, 5.74) is -0.412. The molecule has 0 saturated heterocycles. The molecule has 1 aromatic carbocycles. The lowest BCUT2D eigenvalue weighted by Gasteiger charge is -2.24. The maximum Gasteiger partial charge on any atom is 0.408 e. The number of amides is 3. The number of nitrogens with zero attached hydrogens (tertiary/aromatic N) is 1. The molecule has 0 bridgehead atoms. The lowest BCUT2D eigenvalue weighted by Crippen LogP contribution is -2.47. The molecular formula is C19H24N2O6. The molecule has 146 valence electrons. The first kappa shape index (κ1) is 20.4. The van der Waals surface area contributed by atoms with Gasteiger partial charge in [-0.1, -0.05) is 31.0 Å². The second-order valence-electron chi connectivity index (χ2n) is 7.69. The Labute approximate surface area is 157 Å². The van der Waals surface area contributed by atoms with Gasteiger partial charge in [-0.3, -0.25) is 9.59 Å². The van der Waals surface area contributed by atoms with Gasteiger partial charge >= 0.3 is 12.1 Å². The fourth-order valence-corrected chi connectivity index (χ4v) is 2.54. The summed E-state index contributed by atoms with van der Waals surface area (Å²) in [5.74, 6) is -2.31. The Morgan fingerprint density at radius 3 is 2.04 bits per heavy atom. The van der Waals surface area contributed by atoms with Crippen LogP contribution in [0.15, 0.2) is 24.3 Å². The van der Waals surface area contributed by atoms with E-state index in [4.69, 9.17) is 9.57 Å². The molecule has 0 spiro atoms. The highest BCUT2D eigenvalue weighted by atomic mass is 16.7. The maximum atomic E-state index is 12.5. The summed E-state index contributed by atoms with van der Waals surface area (Å²) >= 11 is 0. The zero-order valence-electron chi connectivity index (χ0n) is 16.1. The van der Waals surface area contributed by atoms with Crippen LogP contribution in [0.5, 0.6) is 0 Å². The number of benzene rings is 1. The summed E-state index contributed by atoms with van der Waals surface area (Å²) in [6.07, 6.45) is -0.534. The smallest absolute Gasteiger partial charge is 0.408 e. The Morgan fingerprint density at radius 1 is 1.07 bits per heavy atom. The molecule has 1 aliphatic rings. The van der Waals surface area contributed by atoms with Gasteiger partial charge in [0, 0.05) is 0 Å². The number of hydrogen-bond acceptors (Lipinski definition) is 6. The molecule has 2 rings (SSSR count). The summed E-state index contributed by atoms with van der Waals surface area (Å²) in [5, 5.41) is 2.87. The first-order chi connectivity index (χ1) is 12.5. The van der Waals surface area contributed by atoms with E-state index in [0.717, 1.165) is 0 Å². The van der Waals surface area contributed by atoms with E-state index in [0.29, 0.717) is 5.06 Å². The number of carbonyl (C=O) groups excluding carboxylic acids is 4. The average molecular weight is 376 g/mol. The third-order valence-electron chi connectivity index (χ3n) is 3.62. The number of alkyl carbamates (subject to hydrolysis) is 1. The molecule has 8 heteroatoms. The first-order valence-electron chi connectivity index (χ1n) is 8.68. The lowest BCUT2D eigenvalue weighted by atomic mass is 10.0. The molecule has 0 radical (unpaired) electrons. The highest BCUT2D eigenvalue weighted by Crippen LogP contribution is 2.23. The van der Waals surface area contributed by atoms with Crippen molar-refractivity contribution in [3.8, 4) is 0 Å². The van der Waals surface area contributed by atoms with E-state index in [1.54, 1.807) is 32.9 Å². The predicted octanol–water partition coefficient (Wildman–Crippen LogP) is 2.68. The third-order valence-corrected chi connectivity index (χ3v) is 3.62. The predicted molar refractivity (Wildman–Crippen MR) is 95.6 cm³/mol. The molecule has 8 nitrogen and oxygen atoms in total. The molecule has 1 heterocycles. The van der Waals surface area contributed by atoms with Gasteiger partial charge in [-0.15, -0.1) is 0 Å². The number of rotatable bonds is 5. The minimum absolute atomic E-state index is 0.0414. The number of hydroxylamine groups is 2. The maximum absolute atomic E-state index is 12.5. The molecule has 1 atom stereocenters. The van der Waals surface area contributed by atoms with Crippen LogP contribution in [0.2, 0.25) is 0 Å². The molecule has 0 saturated carbocycles. The Kier molecular flexibility index (Phi) is 5.88. The van der Waals surface area contributed by atoms with Gasteiger partial charge in [0.1, 0.15) is 11.6 Å². The van der Waals surface area contributed by atoms with E-state index in [1.165, 1.54) is 12.1 Å². The highest BCUT2D eigenvalue weighted by molar-refractivity contribution is 6.20. The summed E-state index contributed by atoms with van der Waals surface area (Å²) in [6.45, 7) is 8.81. The molecule has 1 aliphatic heterocycles. The molecule has 0 aromatic heterocycles. The van der Waals surface area contributed by atoms with Gasteiger partial charge in [-0.2, -0.15) is 0 Å². The van der Waals surface area contributed by atoms with Crippen molar-refractivity contribution >= 4 is 23.9 Å². The number of ether oxygens (including phenoxy) is 1. The van der Waals surface area contributed by atoms with E-state index in [2.05, 4.69) is 5.32 Å². The van der Waals surface area contributed by atoms with Crippen LogP contribution in [0.25, 0.3) is 0 Å².